The number of rotatable bonds is 18. The lowest BCUT2D eigenvalue weighted by atomic mass is 9.85. The second-order valence-electron chi connectivity index (χ2n) is 7.99. The lowest BCUT2D eigenvalue weighted by Crippen LogP contribution is -2.05. The molecule has 0 aliphatic heterocycles. The predicted molar refractivity (Wildman–Crippen MR) is 116 cm³/mol. The molecule has 0 unspecified atom stereocenters. The van der Waals surface area contributed by atoms with Crippen molar-refractivity contribution in [1.29, 1.82) is 0 Å². The molecule has 0 bridgehead atoms. The van der Waals surface area contributed by atoms with Gasteiger partial charge in [0, 0.05) is 13.2 Å². The minimum atomic E-state index is 0.866. The Morgan fingerprint density at radius 1 is 0.680 bits per heavy atom. The van der Waals surface area contributed by atoms with Gasteiger partial charge >= 0.3 is 0 Å². The number of unbranched alkanes of at least 4 members (excludes halogenated alkanes) is 9. The van der Waals surface area contributed by atoms with Crippen LogP contribution in [-0.2, 0) is 4.74 Å². The minimum absolute atomic E-state index is 0.866. The van der Waals surface area contributed by atoms with Gasteiger partial charge in [-0.25, -0.2) is 0 Å². The molecule has 1 rings (SSSR count). The molecule has 0 atom stereocenters. The van der Waals surface area contributed by atoms with Crippen LogP contribution in [0.4, 0.5) is 0 Å². The lowest BCUT2D eigenvalue weighted by Gasteiger charge is -2.21. The van der Waals surface area contributed by atoms with E-state index in [0.717, 1.165) is 19.1 Å². The average molecular weight is 371 g/mol. The van der Waals surface area contributed by atoms with Crippen molar-refractivity contribution < 1.29 is 4.74 Å². The van der Waals surface area contributed by atoms with Crippen LogP contribution in [0.25, 0.3) is 0 Å². The van der Waals surface area contributed by atoms with Crippen LogP contribution in [0.3, 0.4) is 0 Å². The summed E-state index contributed by atoms with van der Waals surface area (Å²) in [6.07, 6.45) is 25.1. The summed E-state index contributed by atoms with van der Waals surface area (Å²) in [5.74, 6) is 3.73. The lowest BCUT2D eigenvalue weighted by molar-refractivity contribution is 0.149. The monoisotopic (exact) mass is 370 g/mol. The topological polar surface area (TPSA) is 9.23 Å². The molecular weight excluding hydrogens is 324 g/mol. The van der Waals surface area contributed by atoms with E-state index in [4.69, 9.17) is 4.74 Å². The molecule has 2 heteroatoms. The van der Waals surface area contributed by atoms with Crippen molar-refractivity contribution >= 4 is 11.8 Å². The molecule has 1 aliphatic carbocycles. The Morgan fingerprint density at radius 3 is 1.88 bits per heavy atom. The Kier molecular flexibility index (Phi) is 17.8. The highest BCUT2D eigenvalue weighted by molar-refractivity contribution is 7.99. The molecule has 0 aromatic carbocycles. The minimum Gasteiger partial charge on any atom is -0.382 e. The predicted octanol–water partition coefficient (Wildman–Crippen LogP) is 8.02. The van der Waals surface area contributed by atoms with Gasteiger partial charge in [-0.15, -0.1) is 0 Å². The Labute approximate surface area is 163 Å². The fourth-order valence-electron chi connectivity index (χ4n) is 4.04. The second-order valence-corrected chi connectivity index (χ2v) is 9.22. The Balaban J connectivity index is 1.65. The third kappa shape index (κ3) is 16.2. The van der Waals surface area contributed by atoms with Gasteiger partial charge in [0.25, 0.3) is 0 Å². The molecule has 0 N–H and O–H groups in total. The molecule has 1 nitrogen and oxygen atoms in total. The van der Waals surface area contributed by atoms with Gasteiger partial charge in [0.1, 0.15) is 0 Å². The van der Waals surface area contributed by atoms with Gasteiger partial charge in [-0.3, -0.25) is 0 Å². The van der Waals surface area contributed by atoms with E-state index in [2.05, 4.69) is 18.7 Å². The summed E-state index contributed by atoms with van der Waals surface area (Å²) in [4.78, 5) is 0. The van der Waals surface area contributed by atoms with Crippen LogP contribution in [0, 0.1) is 5.92 Å². The summed E-state index contributed by atoms with van der Waals surface area (Å²) in [6, 6.07) is 0. The van der Waals surface area contributed by atoms with Crippen molar-refractivity contribution in [3.8, 4) is 0 Å². The molecule has 25 heavy (non-hydrogen) atoms. The first-order valence-electron chi connectivity index (χ1n) is 11.6. The smallest absolute Gasteiger partial charge is 0.0473 e. The third-order valence-electron chi connectivity index (χ3n) is 5.66. The van der Waals surface area contributed by atoms with E-state index in [1.165, 1.54) is 121 Å². The second kappa shape index (κ2) is 19.1. The van der Waals surface area contributed by atoms with E-state index in [1.54, 1.807) is 0 Å². The molecule has 0 radical (unpaired) electrons. The van der Waals surface area contributed by atoms with E-state index in [1.807, 2.05) is 0 Å². The molecule has 1 fully saturated rings. The molecule has 0 spiro atoms. The molecule has 0 aromatic heterocycles. The quantitative estimate of drug-likeness (QED) is 0.226. The number of hydrogen-bond donors (Lipinski definition) is 0. The van der Waals surface area contributed by atoms with Crippen LogP contribution in [0.5, 0.6) is 0 Å². The summed E-state index contributed by atoms with van der Waals surface area (Å²) in [6.45, 7) is 3.89. The van der Waals surface area contributed by atoms with Crippen LogP contribution < -0.4 is 0 Å². The highest BCUT2D eigenvalue weighted by atomic mass is 32.2. The average Bonchev–Trinajstić information content (AvgIpc) is 2.65. The summed E-state index contributed by atoms with van der Waals surface area (Å²) >= 11 is 2.11. The zero-order valence-corrected chi connectivity index (χ0v) is 18.1. The fourth-order valence-corrected chi connectivity index (χ4v) is 4.97. The standard InChI is InChI=1S/C23H46OS/c1-2-24-20-16-22-25-21-15-10-8-6-4-3-5-7-9-12-17-23-18-13-11-14-19-23/h23H,2-22H2,1H3. The first-order chi connectivity index (χ1) is 12.4. The van der Waals surface area contributed by atoms with E-state index >= 15 is 0 Å². The summed E-state index contributed by atoms with van der Waals surface area (Å²) in [5, 5.41) is 0. The SMILES string of the molecule is CCOCCCSCCCCCCCCCCCCC1CCCCC1. The van der Waals surface area contributed by atoms with Gasteiger partial charge in [0.05, 0.1) is 0 Å². The highest BCUT2D eigenvalue weighted by Gasteiger charge is 2.12. The van der Waals surface area contributed by atoms with Gasteiger partial charge in [-0.1, -0.05) is 96.3 Å². The van der Waals surface area contributed by atoms with E-state index in [9.17, 15) is 0 Å². The van der Waals surface area contributed by atoms with Crippen LogP contribution in [0.15, 0.2) is 0 Å². The maximum absolute atomic E-state index is 5.36. The van der Waals surface area contributed by atoms with Crippen LogP contribution in [-0.4, -0.2) is 24.7 Å². The van der Waals surface area contributed by atoms with Gasteiger partial charge in [0.15, 0.2) is 0 Å². The molecule has 0 saturated heterocycles. The molecule has 150 valence electrons. The van der Waals surface area contributed by atoms with Crippen LogP contribution in [0.1, 0.15) is 116 Å². The Hall–Kier alpha value is 0.310. The van der Waals surface area contributed by atoms with Crippen molar-refractivity contribution in [2.45, 2.75) is 116 Å². The maximum Gasteiger partial charge on any atom is 0.0473 e. The molecular formula is C23H46OS. The number of hydrogen-bond acceptors (Lipinski definition) is 2. The van der Waals surface area contributed by atoms with Gasteiger partial charge in [-0.2, -0.15) is 11.8 Å². The summed E-state index contributed by atoms with van der Waals surface area (Å²) in [5.41, 5.74) is 0. The largest absolute Gasteiger partial charge is 0.382 e. The Morgan fingerprint density at radius 2 is 1.24 bits per heavy atom. The van der Waals surface area contributed by atoms with Crippen LogP contribution >= 0.6 is 11.8 Å². The first kappa shape index (κ1) is 23.3. The molecule has 0 aromatic rings. The fraction of sp³-hybridized carbons (Fsp3) is 1.00. The Bertz CT molecular complexity index is 250. The van der Waals surface area contributed by atoms with E-state index in [0.29, 0.717) is 0 Å². The van der Waals surface area contributed by atoms with E-state index < -0.39 is 0 Å². The van der Waals surface area contributed by atoms with Crippen molar-refractivity contribution in [2.75, 3.05) is 24.7 Å². The molecule has 1 aliphatic rings. The van der Waals surface area contributed by atoms with E-state index in [-0.39, 0.29) is 0 Å². The van der Waals surface area contributed by atoms with Crippen LogP contribution in [0.2, 0.25) is 0 Å². The highest BCUT2D eigenvalue weighted by Crippen LogP contribution is 2.28. The first-order valence-corrected chi connectivity index (χ1v) is 12.7. The van der Waals surface area contributed by atoms with Crippen molar-refractivity contribution in [1.82, 2.24) is 0 Å². The third-order valence-corrected chi connectivity index (χ3v) is 6.81. The van der Waals surface area contributed by atoms with Gasteiger partial charge in [-0.05, 0) is 37.2 Å². The molecule has 0 heterocycles. The zero-order valence-electron chi connectivity index (χ0n) is 17.2. The molecule has 0 amide bonds. The van der Waals surface area contributed by atoms with Gasteiger partial charge in [0.2, 0.25) is 0 Å². The normalized spacial score (nSPS) is 15.7. The number of thioether (sulfide) groups is 1. The zero-order chi connectivity index (χ0) is 17.8. The van der Waals surface area contributed by atoms with Crippen molar-refractivity contribution in [3.05, 3.63) is 0 Å². The number of ether oxygens (including phenoxy) is 1. The van der Waals surface area contributed by atoms with Crippen molar-refractivity contribution in [2.24, 2.45) is 5.92 Å². The van der Waals surface area contributed by atoms with Crippen molar-refractivity contribution in [3.63, 3.8) is 0 Å². The maximum atomic E-state index is 5.36. The summed E-state index contributed by atoms with van der Waals surface area (Å²) in [7, 11) is 0. The molecule has 1 saturated carbocycles. The van der Waals surface area contributed by atoms with Gasteiger partial charge < -0.3 is 4.74 Å². The summed E-state index contributed by atoms with van der Waals surface area (Å²) < 4.78 is 5.36.